The fourth-order valence-corrected chi connectivity index (χ4v) is 4.57. The zero-order valence-electron chi connectivity index (χ0n) is 20.8. The van der Waals surface area contributed by atoms with E-state index in [2.05, 4.69) is 40.5 Å². The fraction of sp³-hybridized carbons (Fsp3) is 0.462. The minimum absolute atomic E-state index is 0.288. The number of hydrogen-bond donors (Lipinski definition) is 2. The van der Waals surface area contributed by atoms with E-state index in [-0.39, 0.29) is 5.56 Å². The van der Waals surface area contributed by atoms with Gasteiger partial charge in [-0.1, -0.05) is 30.5 Å². The second-order valence-corrected chi connectivity index (χ2v) is 8.77. The summed E-state index contributed by atoms with van der Waals surface area (Å²) < 4.78 is 20.3. The monoisotopic (exact) mass is 466 g/mol. The molecule has 1 saturated heterocycles. The van der Waals surface area contributed by atoms with Crippen LogP contribution in [0.15, 0.2) is 41.4 Å². The van der Waals surface area contributed by atoms with E-state index >= 15 is 0 Å². The first-order valence-corrected chi connectivity index (χ1v) is 12.1. The largest absolute Gasteiger partial charge is 0.496 e. The van der Waals surface area contributed by atoms with Crippen LogP contribution in [-0.4, -0.2) is 64.4 Å². The van der Waals surface area contributed by atoms with E-state index in [1.54, 1.807) is 26.3 Å². The summed E-state index contributed by atoms with van der Waals surface area (Å²) in [6.07, 6.45) is 4.34. The lowest BCUT2D eigenvalue weighted by atomic mass is 9.72. The molecule has 1 fully saturated rings. The molecule has 1 amide bonds. The van der Waals surface area contributed by atoms with Crippen molar-refractivity contribution in [1.82, 2.24) is 15.5 Å². The van der Waals surface area contributed by atoms with E-state index in [9.17, 15) is 9.18 Å². The third-order valence-corrected chi connectivity index (χ3v) is 6.64. The third-order valence-electron chi connectivity index (χ3n) is 6.64. The zero-order valence-corrected chi connectivity index (χ0v) is 20.8. The van der Waals surface area contributed by atoms with Gasteiger partial charge in [-0.3, -0.25) is 4.79 Å². The highest BCUT2D eigenvalue weighted by Gasteiger charge is 2.20. The molecular weight excluding hydrogens is 430 g/mol. The lowest BCUT2D eigenvalue weighted by Crippen LogP contribution is -2.38. The van der Waals surface area contributed by atoms with E-state index < -0.39 is 11.7 Å². The number of carbonyl (C=O) groups is 1. The Morgan fingerprint density at radius 2 is 2.12 bits per heavy atom. The van der Waals surface area contributed by atoms with Crippen molar-refractivity contribution in [3.8, 4) is 5.75 Å². The Labute approximate surface area is 203 Å². The van der Waals surface area contributed by atoms with Gasteiger partial charge in [-0.15, -0.1) is 0 Å². The maximum atomic E-state index is 14.8. The molecule has 0 spiro atoms. The van der Waals surface area contributed by atoms with Gasteiger partial charge < -0.3 is 20.3 Å². The number of methoxy groups -OCH3 is 1. The van der Waals surface area contributed by atoms with Crippen LogP contribution in [0.5, 0.6) is 5.75 Å². The van der Waals surface area contributed by atoms with Gasteiger partial charge in [-0.05, 0) is 69.5 Å². The molecule has 1 aliphatic heterocycles. The standard InChI is InChI=1S/C26H36BFN4O2/c1-27-19-11-13-24(34-4)18(17-19)10-12-21-22(8-5-9-23(21)28)25(33)31-26(29-2)30-15-14-20-7-6-16-32(20)3/h5,8-9,11,13,17,20,27H,6-7,10,12,14-16H2,1-4H3,(H2,29,30,31,33). The number of hydrogen-bond acceptors (Lipinski definition) is 3. The Kier molecular flexibility index (Phi) is 9.51. The molecule has 0 aliphatic carbocycles. The van der Waals surface area contributed by atoms with Gasteiger partial charge in [0.2, 0.25) is 0 Å². The average molecular weight is 466 g/mol. The molecule has 6 nitrogen and oxygen atoms in total. The highest BCUT2D eigenvalue weighted by atomic mass is 19.1. The molecule has 34 heavy (non-hydrogen) atoms. The summed E-state index contributed by atoms with van der Waals surface area (Å²) in [5.74, 6) is 0.320. The molecule has 3 rings (SSSR count). The summed E-state index contributed by atoms with van der Waals surface area (Å²) in [5, 5.41) is 6.17. The number of nitrogens with one attached hydrogen (secondary N) is 2. The Morgan fingerprint density at radius 3 is 2.79 bits per heavy atom. The van der Waals surface area contributed by atoms with Gasteiger partial charge in [0.25, 0.3) is 5.91 Å². The number of carbonyl (C=O) groups excluding carboxylic acids is 1. The maximum absolute atomic E-state index is 14.8. The number of aryl methyl sites for hydroxylation is 1. The van der Waals surface area contributed by atoms with Crippen molar-refractivity contribution in [2.45, 2.75) is 45.0 Å². The van der Waals surface area contributed by atoms with Crippen LogP contribution >= 0.6 is 0 Å². The number of likely N-dealkylation sites (tertiary alicyclic amines) is 1. The van der Waals surface area contributed by atoms with Crippen molar-refractivity contribution in [3.63, 3.8) is 0 Å². The van der Waals surface area contributed by atoms with Gasteiger partial charge in [0.15, 0.2) is 13.2 Å². The topological polar surface area (TPSA) is 66.0 Å². The van der Waals surface area contributed by atoms with E-state index in [1.165, 1.54) is 24.4 Å². The zero-order chi connectivity index (χ0) is 24.5. The number of nitrogens with zero attached hydrogens (tertiary/aromatic N) is 2. The molecular formula is C26H36BFN4O2. The van der Waals surface area contributed by atoms with Crippen LogP contribution in [0, 0.1) is 5.82 Å². The molecule has 1 aliphatic rings. The quantitative estimate of drug-likeness (QED) is 0.338. The van der Waals surface area contributed by atoms with E-state index in [0.29, 0.717) is 37.0 Å². The minimum Gasteiger partial charge on any atom is -0.496 e. The number of amides is 1. The van der Waals surface area contributed by atoms with Crippen molar-refractivity contribution in [3.05, 3.63) is 58.9 Å². The van der Waals surface area contributed by atoms with Crippen LogP contribution in [0.2, 0.25) is 6.82 Å². The predicted molar refractivity (Wildman–Crippen MR) is 139 cm³/mol. The van der Waals surface area contributed by atoms with Gasteiger partial charge in [-0.25, -0.2) is 4.39 Å². The van der Waals surface area contributed by atoms with Crippen molar-refractivity contribution >= 4 is 24.6 Å². The molecule has 8 heteroatoms. The molecule has 2 aromatic carbocycles. The molecule has 2 aromatic rings. The van der Waals surface area contributed by atoms with Gasteiger partial charge in [0.05, 0.1) is 7.11 Å². The summed E-state index contributed by atoms with van der Waals surface area (Å²) in [6.45, 7) is 3.94. The summed E-state index contributed by atoms with van der Waals surface area (Å²) >= 11 is 0. The van der Waals surface area contributed by atoms with E-state index in [0.717, 1.165) is 31.6 Å². The molecule has 0 bridgehead atoms. The molecule has 1 atom stereocenters. The average Bonchev–Trinajstić information content (AvgIpc) is 3.26. The Morgan fingerprint density at radius 1 is 1.29 bits per heavy atom. The lowest BCUT2D eigenvalue weighted by molar-refractivity contribution is 0.100. The third kappa shape index (κ3) is 6.60. The fourth-order valence-electron chi connectivity index (χ4n) is 4.57. The molecule has 182 valence electrons. The molecule has 1 unspecified atom stereocenters. The normalized spacial score (nSPS) is 16.4. The van der Waals surface area contributed by atoms with Gasteiger partial charge >= 0.3 is 0 Å². The molecule has 0 aromatic heterocycles. The first-order chi connectivity index (χ1) is 16.5. The second-order valence-electron chi connectivity index (χ2n) is 8.77. The smallest absolute Gasteiger partial charge is 0.280 e. The molecule has 0 radical (unpaired) electrons. The van der Waals surface area contributed by atoms with Gasteiger partial charge in [0.1, 0.15) is 11.6 Å². The first kappa shape index (κ1) is 25.8. The number of guanidine groups is 1. The van der Waals surface area contributed by atoms with Crippen LogP contribution in [0.4, 0.5) is 4.39 Å². The van der Waals surface area contributed by atoms with Crippen LogP contribution in [0.3, 0.4) is 0 Å². The Balaban J connectivity index is 1.72. The first-order valence-electron chi connectivity index (χ1n) is 12.1. The predicted octanol–water partition coefficient (Wildman–Crippen LogP) is 2.52. The van der Waals surface area contributed by atoms with Crippen LogP contribution < -0.4 is 20.8 Å². The lowest BCUT2D eigenvalue weighted by Gasteiger charge is -2.19. The summed E-state index contributed by atoms with van der Waals surface area (Å²) in [6, 6.07) is 11.2. The molecule has 0 saturated carbocycles. The summed E-state index contributed by atoms with van der Waals surface area (Å²) in [4.78, 5) is 19.6. The number of aliphatic imine (C=N–C) groups is 1. The van der Waals surface area contributed by atoms with Gasteiger partial charge in [-0.2, -0.15) is 4.99 Å². The van der Waals surface area contributed by atoms with Crippen LogP contribution in [0.1, 0.15) is 40.7 Å². The second kappa shape index (κ2) is 12.6. The van der Waals surface area contributed by atoms with Crippen molar-refractivity contribution in [2.75, 3.05) is 34.3 Å². The Bertz CT molecular complexity index is 1010. The number of rotatable bonds is 9. The van der Waals surface area contributed by atoms with Crippen LogP contribution in [0.25, 0.3) is 0 Å². The number of halogens is 1. The summed E-state index contributed by atoms with van der Waals surface area (Å²) in [7, 11) is 6.41. The number of benzene rings is 2. The minimum atomic E-state index is -0.460. The molecule has 1 heterocycles. The van der Waals surface area contributed by atoms with Gasteiger partial charge in [0, 0.05) is 30.8 Å². The highest BCUT2D eigenvalue weighted by molar-refractivity contribution is 6.51. The van der Waals surface area contributed by atoms with Crippen LogP contribution in [-0.2, 0) is 12.8 Å². The van der Waals surface area contributed by atoms with Crippen molar-refractivity contribution in [2.24, 2.45) is 4.99 Å². The Hall–Kier alpha value is -2.87. The van der Waals surface area contributed by atoms with E-state index in [4.69, 9.17) is 4.74 Å². The van der Waals surface area contributed by atoms with E-state index in [1.807, 2.05) is 12.1 Å². The van der Waals surface area contributed by atoms with Crippen molar-refractivity contribution < 1.29 is 13.9 Å². The summed E-state index contributed by atoms with van der Waals surface area (Å²) in [5.41, 5.74) is 2.86. The maximum Gasteiger partial charge on any atom is 0.280 e. The number of ether oxygens (including phenoxy) is 1. The molecule has 2 N–H and O–H groups in total. The highest BCUT2D eigenvalue weighted by Crippen LogP contribution is 2.22. The SMILES string of the molecule is CBc1ccc(OC)c(CCc2c(F)cccc2C(=O)/N=C(/NC)NCCC2CCCN2C)c1. The van der Waals surface area contributed by atoms with Crippen molar-refractivity contribution in [1.29, 1.82) is 0 Å².